The van der Waals surface area contributed by atoms with Gasteiger partial charge in [-0.3, -0.25) is 4.79 Å². The van der Waals surface area contributed by atoms with E-state index in [-0.39, 0.29) is 11.7 Å². The van der Waals surface area contributed by atoms with Crippen molar-refractivity contribution in [3.05, 3.63) is 70.3 Å². The highest BCUT2D eigenvalue weighted by Gasteiger charge is 2.15. The lowest BCUT2D eigenvalue weighted by atomic mass is 10.2. The molecule has 0 unspecified atom stereocenters. The molecule has 10 heteroatoms. The van der Waals surface area contributed by atoms with Crippen LogP contribution in [0.3, 0.4) is 0 Å². The molecule has 0 aliphatic rings. The van der Waals surface area contributed by atoms with Crippen LogP contribution in [0.5, 0.6) is 5.75 Å². The molecule has 0 saturated carbocycles. The van der Waals surface area contributed by atoms with Crippen molar-refractivity contribution in [2.45, 2.75) is 38.6 Å². The van der Waals surface area contributed by atoms with Crippen molar-refractivity contribution >= 4 is 45.7 Å². The predicted octanol–water partition coefficient (Wildman–Crippen LogP) is 5.95. The number of thiazole rings is 1. The quantitative estimate of drug-likeness (QED) is 0.264. The molecule has 0 fully saturated rings. The van der Waals surface area contributed by atoms with Gasteiger partial charge in [0.25, 0.3) is 0 Å². The summed E-state index contributed by atoms with van der Waals surface area (Å²) in [7, 11) is 0. The van der Waals surface area contributed by atoms with Crippen molar-refractivity contribution in [1.82, 2.24) is 19.7 Å². The number of amides is 1. The maximum absolute atomic E-state index is 12.5. The predicted molar refractivity (Wildman–Crippen MR) is 138 cm³/mol. The number of hydrogen-bond acceptors (Lipinski definition) is 7. The first-order chi connectivity index (χ1) is 16.6. The molecule has 0 radical (unpaired) electrons. The first kappa shape index (κ1) is 24.3. The van der Waals surface area contributed by atoms with E-state index in [9.17, 15) is 4.79 Å². The molecule has 1 N–H and O–H groups in total. The van der Waals surface area contributed by atoms with Gasteiger partial charge in [0, 0.05) is 22.5 Å². The molecular weight excluding hydrogens is 490 g/mol. The minimum absolute atomic E-state index is 0.151. The van der Waals surface area contributed by atoms with E-state index in [0.29, 0.717) is 28.5 Å². The molecule has 0 bridgehead atoms. The fraction of sp³-hybridized carbons (Fsp3) is 0.250. The first-order valence-corrected chi connectivity index (χ1v) is 13.1. The molecule has 34 heavy (non-hydrogen) atoms. The van der Waals surface area contributed by atoms with Crippen molar-refractivity contribution in [3.8, 4) is 17.0 Å². The van der Waals surface area contributed by atoms with Crippen molar-refractivity contribution in [1.29, 1.82) is 0 Å². The maximum Gasteiger partial charge on any atom is 0.236 e. The van der Waals surface area contributed by atoms with Gasteiger partial charge in [-0.25, -0.2) is 4.98 Å². The van der Waals surface area contributed by atoms with Crippen LogP contribution in [-0.2, 0) is 24.4 Å². The van der Waals surface area contributed by atoms with E-state index in [2.05, 4.69) is 39.6 Å². The standard InChI is InChI=1S/C24H24ClN5O2S2/c1-3-16-5-11-19(12-6-16)32-13-21-28-29-24(30(21)4-2)34-15-22(31)27-23-26-20(14-33-23)17-7-9-18(25)10-8-17/h5-12,14H,3-4,13,15H2,1-2H3,(H,26,27,31). The summed E-state index contributed by atoms with van der Waals surface area (Å²) in [4.78, 5) is 17.0. The third-order valence-corrected chi connectivity index (χ3v) is 7.01. The number of hydrogen-bond donors (Lipinski definition) is 1. The summed E-state index contributed by atoms with van der Waals surface area (Å²) >= 11 is 8.66. The summed E-state index contributed by atoms with van der Waals surface area (Å²) in [5.41, 5.74) is 3.01. The zero-order valence-electron chi connectivity index (χ0n) is 18.8. The van der Waals surface area contributed by atoms with E-state index in [1.54, 1.807) is 0 Å². The Balaban J connectivity index is 1.31. The van der Waals surface area contributed by atoms with Gasteiger partial charge in [-0.05, 0) is 43.2 Å². The first-order valence-electron chi connectivity index (χ1n) is 10.8. The van der Waals surface area contributed by atoms with Gasteiger partial charge in [-0.1, -0.05) is 54.6 Å². The van der Waals surface area contributed by atoms with Gasteiger partial charge >= 0.3 is 0 Å². The van der Waals surface area contributed by atoms with E-state index in [1.165, 1.54) is 28.7 Å². The van der Waals surface area contributed by atoms with Crippen LogP contribution in [0.4, 0.5) is 5.13 Å². The molecule has 176 valence electrons. The Morgan fingerprint density at radius 1 is 1.12 bits per heavy atom. The smallest absolute Gasteiger partial charge is 0.236 e. The summed E-state index contributed by atoms with van der Waals surface area (Å²) in [5.74, 6) is 1.56. The van der Waals surface area contributed by atoms with E-state index in [1.807, 2.05) is 53.3 Å². The average molecular weight is 514 g/mol. The average Bonchev–Trinajstić information content (AvgIpc) is 3.48. The monoisotopic (exact) mass is 513 g/mol. The lowest BCUT2D eigenvalue weighted by molar-refractivity contribution is -0.113. The Morgan fingerprint density at radius 3 is 2.59 bits per heavy atom. The minimum Gasteiger partial charge on any atom is -0.486 e. The van der Waals surface area contributed by atoms with Gasteiger partial charge < -0.3 is 14.6 Å². The van der Waals surface area contributed by atoms with Gasteiger partial charge in [0.15, 0.2) is 16.1 Å². The lowest BCUT2D eigenvalue weighted by Crippen LogP contribution is -2.14. The SMILES string of the molecule is CCc1ccc(OCc2nnc(SCC(=O)Nc3nc(-c4ccc(Cl)cc4)cs3)n2CC)cc1. The van der Waals surface area contributed by atoms with Crippen molar-refractivity contribution in [3.63, 3.8) is 0 Å². The number of nitrogens with one attached hydrogen (secondary N) is 1. The molecule has 2 aromatic carbocycles. The summed E-state index contributed by atoms with van der Waals surface area (Å²) in [6.45, 7) is 5.13. The number of benzene rings is 2. The Hall–Kier alpha value is -2.88. The molecule has 0 atom stereocenters. The van der Waals surface area contributed by atoms with Crippen LogP contribution in [0.2, 0.25) is 5.02 Å². The molecule has 2 heterocycles. The van der Waals surface area contributed by atoms with Crippen LogP contribution in [-0.4, -0.2) is 31.4 Å². The maximum atomic E-state index is 12.5. The number of anilines is 1. The van der Waals surface area contributed by atoms with Gasteiger partial charge in [-0.2, -0.15) is 0 Å². The minimum atomic E-state index is -0.151. The number of ether oxygens (including phenoxy) is 1. The number of aromatic nitrogens is 4. The van der Waals surface area contributed by atoms with E-state index < -0.39 is 0 Å². The Kier molecular flexibility index (Phi) is 8.21. The lowest BCUT2D eigenvalue weighted by Gasteiger charge is -2.09. The molecule has 2 aromatic heterocycles. The zero-order chi connectivity index (χ0) is 23.9. The summed E-state index contributed by atoms with van der Waals surface area (Å²) in [6, 6.07) is 15.5. The van der Waals surface area contributed by atoms with Crippen LogP contribution in [0.15, 0.2) is 59.1 Å². The third-order valence-electron chi connectivity index (χ3n) is 5.03. The normalized spacial score (nSPS) is 10.9. The van der Waals surface area contributed by atoms with Crippen LogP contribution in [0.25, 0.3) is 11.3 Å². The van der Waals surface area contributed by atoms with E-state index in [0.717, 1.165) is 29.3 Å². The number of carbonyl (C=O) groups is 1. The molecule has 0 aliphatic carbocycles. The topological polar surface area (TPSA) is 81.9 Å². The number of thioether (sulfide) groups is 1. The van der Waals surface area contributed by atoms with Gasteiger partial charge in [0.1, 0.15) is 12.4 Å². The van der Waals surface area contributed by atoms with Crippen LogP contribution < -0.4 is 10.1 Å². The van der Waals surface area contributed by atoms with Gasteiger partial charge in [0.05, 0.1) is 11.4 Å². The number of rotatable bonds is 10. The molecule has 4 aromatic rings. The largest absolute Gasteiger partial charge is 0.486 e. The number of halogens is 1. The molecule has 1 amide bonds. The second-order valence-corrected chi connectivity index (χ2v) is 9.55. The highest BCUT2D eigenvalue weighted by atomic mass is 35.5. The fourth-order valence-corrected chi connectivity index (χ4v) is 4.87. The zero-order valence-corrected chi connectivity index (χ0v) is 21.2. The van der Waals surface area contributed by atoms with Gasteiger partial charge in [-0.15, -0.1) is 21.5 Å². The molecule has 0 saturated heterocycles. The summed E-state index contributed by atoms with van der Waals surface area (Å²) < 4.78 is 7.83. The second-order valence-electron chi connectivity index (χ2n) is 7.31. The number of carbonyl (C=O) groups excluding carboxylic acids is 1. The Labute approximate surface area is 211 Å². The van der Waals surface area contributed by atoms with Crippen LogP contribution in [0, 0.1) is 0 Å². The highest BCUT2D eigenvalue weighted by Crippen LogP contribution is 2.26. The van der Waals surface area contributed by atoms with Crippen molar-refractivity contribution in [2.24, 2.45) is 0 Å². The van der Waals surface area contributed by atoms with Crippen molar-refractivity contribution in [2.75, 3.05) is 11.1 Å². The molecular formula is C24H24ClN5O2S2. The van der Waals surface area contributed by atoms with E-state index in [4.69, 9.17) is 16.3 Å². The summed E-state index contributed by atoms with van der Waals surface area (Å²) in [6.07, 6.45) is 0.991. The second kappa shape index (κ2) is 11.5. The summed E-state index contributed by atoms with van der Waals surface area (Å²) in [5, 5.41) is 15.2. The third kappa shape index (κ3) is 6.16. The van der Waals surface area contributed by atoms with E-state index >= 15 is 0 Å². The highest BCUT2D eigenvalue weighted by molar-refractivity contribution is 7.99. The van der Waals surface area contributed by atoms with Gasteiger partial charge in [0.2, 0.25) is 5.91 Å². The van der Waals surface area contributed by atoms with Crippen LogP contribution in [0.1, 0.15) is 25.2 Å². The number of aryl methyl sites for hydroxylation is 1. The number of nitrogens with zero attached hydrogens (tertiary/aromatic N) is 4. The molecule has 0 aliphatic heterocycles. The molecule has 0 spiro atoms. The Bertz CT molecular complexity index is 1240. The molecule has 7 nitrogen and oxygen atoms in total. The van der Waals surface area contributed by atoms with Crippen molar-refractivity contribution < 1.29 is 9.53 Å². The molecule has 4 rings (SSSR count). The fourth-order valence-electron chi connectivity index (χ4n) is 3.19. The van der Waals surface area contributed by atoms with Crippen LogP contribution >= 0.6 is 34.7 Å². The Morgan fingerprint density at radius 2 is 1.88 bits per heavy atom.